The van der Waals surface area contributed by atoms with Crippen molar-refractivity contribution in [1.82, 2.24) is 0 Å². The summed E-state index contributed by atoms with van der Waals surface area (Å²) in [5.41, 5.74) is 0. The van der Waals surface area contributed by atoms with Crippen molar-refractivity contribution in [2.45, 2.75) is 26.7 Å². The third kappa shape index (κ3) is 4.77. The smallest absolute Gasteiger partial charge is 0.101 e. The number of nitrogens with one attached hydrogen (secondary N) is 1. The molecule has 10 heavy (non-hydrogen) atoms. The van der Waals surface area contributed by atoms with Crippen molar-refractivity contribution in [1.29, 1.82) is 0 Å². The molecule has 0 radical (unpaired) electrons. The highest BCUT2D eigenvalue weighted by atomic mass is 16.3. The maximum absolute atomic E-state index is 8.67. The van der Waals surface area contributed by atoms with Gasteiger partial charge in [-0.25, -0.2) is 0 Å². The molecule has 0 rings (SSSR count). The van der Waals surface area contributed by atoms with Crippen molar-refractivity contribution < 1.29 is 10.0 Å². The fourth-order valence-electron chi connectivity index (χ4n) is 1.24. The van der Waals surface area contributed by atoms with E-state index in [1.165, 1.54) is 30.8 Å². The Bertz CT molecular complexity index is 52.0. The van der Waals surface area contributed by atoms with Gasteiger partial charge in [0.25, 0.3) is 0 Å². The van der Waals surface area contributed by atoms with Gasteiger partial charge < -0.3 is 10.0 Å². The van der Waals surface area contributed by atoms with Crippen LogP contribution in [0.5, 0.6) is 0 Å². The molecular formula is C8H20NO+. The summed E-state index contributed by atoms with van der Waals surface area (Å²) in [6.45, 7) is 8.03. The molecule has 0 fully saturated rings. The molecule has 0 aliphatic carbocycles. The first-order valence-corrected chi connectivity index (χ1v) is 4.29. The lowest BCUT2D eigenvalue weighted by Gasteiger charge is -2.16. The molecule has 2 nitrogen and oxygen atoms in total. The van der Waals surface area contributed by atoms with E-state index in [1.807, 2.05) is 0 Å². The van der Waals surface area contributed by atoms with Crippen molar-refractivity contribution in [3.05, 3.63) is 0 Å². The minimum atomic E-state index is 0.329. The van der Waals surface area contributed by atoms with Gasteiger partial charge in [0.1, 0.15) is 6.54 Å². The second-order valence-electron chi connectivity index (χ2n) is 2.72. The molecule has 62 valence electrons. The van der Waals surface area contributed by atoms with Crippen LogP contribution in [0.1, 0.15) is 26.7 Å². The summed E-state index contributed by atoms with van der Waals surface area (Å²) in [5, 5.41) is 8.67. The molecule has 2 N–H and O–H groups in total. The second-order valence-corrected chi connectivity index (χ2v) is 2.72. The topological polar surface area (TPSA) is 24.7 Å². The lowest BCUT2D eigenvalue weighted by molar-refractivity contribution is -0.900. The SMILES string of the molecule is CCC[NH+](CCC)CCO. The number of hydrogen-bond donors (Lipinski definition) is 2. The average molecular weight is 146 g/mol. The molecule has 0 atom stereocenters. The summed E-state index contributed by atoms with van der Waals surface area (Å²) in [6.07, 6.45) is 2.44. The van der Waals surface area contributed by atoms with Crippen molar-refractivity contribution in [3.63, 3.8) is 0 Å². The van der Waals surface area contributed by atoms with Crippen LogP contribution in [-0.4, -0.2) is 31.3 Å². The van der Waals surface area contributed by atoms with Gasteiger partial charge in [0, 0.05) is 0 Å². The molecule has 0 aromatic rings. The Morgan fingerprint density at radius 2 is 1.50 bits per heavy atom. The van der Waals surface area contributed by atoms with E-state index in [0.717, 1.165) is 6.54 Å². The van der Waals surface area contributed by atoms with Crippen LogP contribution in [0, 0.1) is 0 Å². The van der Waals surface area contributed by atoms with E-state index in [9.17, 15) is 0 Å². The summed E-state index contributed by atoms with van der Waals surface area (Å²) >= 11 is 0. The highest BCUT2D eigenvalue weighted by Crippen LogP contribution is 1.68. The molecule has 2 heteroatoms. The maximum Gasteiger partial charge on any atom is 0.101 e. The standard InChI is InChI=1S/C8H19NO/c1-3-5-9(6-4-2)7-8-10/h10H,3-8H2,1-2H3/p+1. The fourth-order valence-corrected chi connectivity index (χ4v) is 1.24. The van der Waals surface area contributed by atoms with Crippen LogP contribution in [0.3, 0.4) is 0 Å². The van der Waals surface area contributed by atoms with Crippen LogP contribution in [0.2, 0.25) is 0 Å². The van der Waals surface area contributed by atoms with E-state index in [-0.39, 0.29) is 0 Å². The van der Waals surface area contributed by atoms with Gasteiger partial charge in [0.15, 0.2) is 0 Å². The summed E-state index contributed by atoms with van der Waals surface area (Å²) in [4.78, 5) is 1.53. The monoisotopic (exact) mass is 146 g/mol. The predicted molar refractivity (Wildman–Crippen MR) is 43.2 cm³/mol. The largest absolute Gasteiger partial charge is 0.391 e. The minimum Gasteiger partial charge on any atom is -0.391 e. The number of aliphatic hydroxyl groups is 1. The first kappa shape index (κ1) is 9.92. The molecule has 0 spiro atoms. The van der Waals surface area contributed by atoms with Gasteiger partial charge in [-0.15, -0.1) is 0 Å². The zero-order chi connectivity index (χ0) is 7.82. The van der Waals surface area contributed by atoms with Gasteiger partial charge >= 0.3 is 0 Å². The van der Waals surface area contributed by atoms with Crippen LogP contribution in [0.15, 0.2) is 0 Å². The molecule has 0 saturated carbocycles. The zero-order valence-corrected chi connectivity index (χ0v) is 7.19. The van der Waals surface area contributed by atoms with E-state index in [1.54, 1.807) is 0 Å². The highest BCUT2D eigenvalue weighted by Gasteiger charge is 2.02. The Morgan fingerprint density at radius 3 is 1.80 bits per heavy atom. The van der Waals surface area contributed by atoms with E-state index < -0.39 is 0 Å². The normalized spacial score (nSPS) is 10.8. The zero-order valence-electron chi connectivity index (χ0n) is 7.19. The number of aliphatic hydroxyl groups excluding tert-OH is 1. The highest BCUT2D eigenvalue weighted by molar-refractivity contribution is 4.28. The van der Waals surface area contributed by atoms with Crippen molar-refractivity contribution in [3.8, 4) is 0 Å². The lowest BCUT2D eigenvalue weighted by atomic mass is 10.3. The van der Waals surface area contributed by atoms with Gasteiger partial charge in [0.2, 0.25) is 0 Å². The molecule has 0 unspecified atom stereocenters. The second kappa shape index (κ2) is 7.03. The summed E-state index contributed by atoms with van der Waals surface area (Å²) in [6, 6.07) is 0. The summed E-state index contributed by atoms with van der Waals surface area (Å²) in [5.74, 6) is 0. The van der Waals surface area contributed by atoms with Gasteiger partial charge in [0.05, 0.1) is 19.7 Å². The van der Waals surface area contributed by atoms with Crippen molar-refractivity contribution >= 4 is 0 Å². The van der Waals surface area contributed by atoms with Crippen molar-refractivity contribution in [2.75, 3.05) is 26.2 Å². The number of quaternary nitrogens is 1. The molecule has 0 bridgehead atoms. The van der Waals surface area contributed by atoms with Gasteiger partial charge in [-0.3, -0.25) is 0 Å². The third-order valence-corrected chi connectivity index (χ3v) is 1.67. The van der Waals surface area contributed by atoms with Crippen LogP contribution < -0.4 is 4.90 Å². The summed E-state index contributed by atoms with van der Waals surface area (Å²) < 4.78 is 0. The number of rotatable bonds is 6. The average Bonchev–Trinajstić information content (AvgIpc) is 1.90. The van der Waals surface area contributed by atoms with Crippen LogP contribution in [-0.2, 0) is 0 Å². The van der Waals surface area contributed by atoms with E-state index in [2.05, 4.69) is 13.8 Å². The molecule has 0 aromatic heterocycles. The summed E-state index contributed by atoms with van der Waals surface area (Å²) in [7, 11) is 0. The molecule has 0 amide bonds. The third-order valence-electron chi connectivity index (χ3n) is 1.67. The molecule has 0 heterocycles. The maximum atomic E-state index is 8.67. The Hall–Kier alpha value is -0.0800. The van der Waals surface area contributed by atoms with E-state index in [0.29, 0.717) is 6.61 Å². The lowest BCUT2D eigenvalue weighted by Crippen LogP contribution is -3.12. The van der Waals surface area contributed by atoms with Crippen LogP contribution in [0.25, 0.3) is 0 Å². The molecule has 0 aromatic carbocycles. The molecular weight excluding hydrogens is 126 g/mol. The van der Waals surface area contributed by atoms with Gasteiger partial charge in [-0.05, 0) is 12.8 Å². The van der Waals surface area contributed by atoms with Gasteiger partial charge in [-0.1, -0.05) is 13.8 Å². The Morgan fingerprint density at radius 1 is 1.00 bits per heavy atom. The van der Waals surface area contributed by atoms with E-state index >= 15 is 0 Å². The Kier molecular flexibility index (Phi) is 6.98. The molecule has 0 aliphatic rings. The molecule has 0 aliphatic heterocycles. The number of hydrogen-bond acceptors (Lipinski definition) is 1. The van der Waals surface area contributed by atoms with Crippen LogP contribution in [0.4, 0.5) is 0 Å². The fraction of sp³-hybridized carbons (Fsp3) is 1.00. The predicted octanol–water partition coefficient (Wildman–Crippen LogP) is -0.316. The Labute approximate surface area is 63.8 Å². The molecule has 0 saturated heterocycles. The first-order chi connectivity index (χ1) is 4.85. The van der Waals surface area contributed by atoms with E-state index in [4.69, 9.17) is 5.11 Å². The van der Waals surface area contributed by atoms with Gasteiger partial charge in [-0.2, -0.15) is 0 Å². The first-order valence-electron chi connectivity index (χ1n) is 4.29. The Balaban J connectivity index is 3.30. The quantitative estimate of drug-likeness (QED) is 0.527. The minimum absolute atomic E-state index is 0.329. The van der Waals surface area contributed by atoms with Crippen molar-refractivity contribution in [2.24, 2.45) is 0 Å². The van der Waals surface area contributed by atoms with Crippen LogP contribution >= 0.6 is 0 Å².